The van der Waals surface area contributed by atoms with Crippen molar-refractivity contribution in [3.63, 3.8) is 0 Å². The van der Waals surface area contributed by atoms with E-state index >= 15 is 0 Å². The highest BCUT2D eigenvalue weighted by Crippen LogP contribution is 2.19. The van der Waals surface area contributed by atoms with Gasteiger partial charge in [-0.05, 0) is 23.4 Å². The van der Waals surface area contributed by atoms with E-state index in [0.29, 0.717) is 5.82 Å². The summed E-state index contributed by atoms with van der Waals surface area (Å²) >= 11 is 0. The molecule has 0 aliphatic rings. The Morgan fingerprint density at radius 2 is 1.88 bits per heavy atom. The van der Waals surface area contributed by atoms with Gasteiger partial charge in [0.1, 0.15) is 11.0 Å². The average molecular weight is 211 g/mol. The summed E-state index contributed by atoms with van der Waals surface area (Å²) in [7, 11) is 0. The van der Waals surface area contributed by atoms with Crippen molar-refractivity contribution in [1.82, 2.24) is 20.4 Å². The molecule has 2 aromatic heterocycles. The normalized spacial score (nSPS) is 10.5. The van der Waals surface area contributed by atoms with E-state index in [-0.39, 0.29) is 0 Å². The maximum atomic E-state index is 3.97. The summed E-state index contributed by atoms with van der Waals surface area (Å²) in [5, 5.41) is 14.8. The van der Waals surface area contributed by atoms with Crippen molar-refractivity contribution < 1.29 is 0 Å². The van der Waals surface area contributed by atoms with E-state index in [1.165, 1.54) is 0 Å². The number of fused-ring (bicyclic) bond motifs is 1. The Balaban J connectivity index is 2.04. The second kappa shape index (κ2) is 3.62. The molecule has 0 saturated heterocycles. The number of aromatic amines is 1. The van der Waals surface area contributed by atoms with E-state index in [0.717, 1.165) is 16.7 Å². The minimum Gasteiger partial charge on any atom is -0.357 e. The van der Waals surface area contributed by atoms with E-state index < -0.39 is 0 Å². The zero-order chi connectivity index (χ0) is 10.8. The number of H-pyrrole nitrogens is 1. The summed E-state index contributed by atoms with van der Waals surface area (Å²) in [5.41, 5.74) is 2.63. The third-order valence-corrected chi connectivity index (χ3v) is 2.30. The van der Waals surface area contributed by atoms with Crippen LogP contribution in [0.3, 0.4) is 0 Å². The maximum Gasteiger partial charge on any atom is 0.180 e. The van der Waals surface area contributed by atoms with Crippen LogP contribution in [0.1, 0.15) is 0 Å². The number of para-hydroxylation sites is 1. The van der Waals surface area contributed by atoms with Crippen LogP contribution in [-0.4, -0.2) is 20.4 Å². The van der Waals surface area contributed by atoms with Gasteiger partial charge in [0.15, 0.2) is 5.82 Å². The standard InChI is InChI=1S/C11H9N5/c1-2-4-8(5-3-1)13-11-10-9(6-7-12-10)14-16-15-11/h1-7,12H,(H,13,14,15). The summed E-state index contributed by atoms with van der Waals surface area (Å²) in [5.74, 6) is 0.682. The Bertz CT molecular complexity index is 602. The zero-order valence-corrected chi connectivity index (χ0v) is 8.38. The Morgan fingerprint density at radius 3 is 2.75 bits per heavy atom. The fraction of sp³-hybridized carbons (Fsp3) is 0. The van der Waals surface area contributed by atoms with Crippen molar-refractivity contribution in [2.45, 2.75) is 0 Å². The Hall–Kier alpha value is -2.43. The molecule has 2 N–H and O–H groups in total. The molecule has 0 fully saturated rings. The van der Waals surface area contributed by atoms with Crippen LogP contribution in [-0.2, 0) is 0 Å². The fourth-order valence-corrected chi connectivity index (χ4v) is 1.55. The summed E-state index contributed by atoms with van der Waals surface area (Å²) < 4.78 is 0. The van der Waals surface area contributed by atoms with E-state index in [1.807, 2.05) is 42.6 Å². The van der Waals surface area contributed by atoms with Crippen LogP contribution in [0.15, 0.2) is 42.6 Å². The summed E-state index contributed by atoms with van der Waals surface area (Å²) in [6.45, 7) is 0. The quantitative estimate of drug-likeness (QED) is 0.681. The van der Waals surface area contributed by atoms with Crippen molar-refractivity contribution in [3.05, 3.63) is 42.6 Å². The Kier molecular flexibility index (Phi) is 2.00. The molecule has 0 unspecified atom stereocenters. The van der Waals surface area contributed by atoms with Gasteiger partial charge in [-0.25, -0.2) is 0 Å². The molecular weight excluding hydrogens is 202 g/mol. The first kappa shape index (κ1) is 8.84. The maximum absolute atomic E-state index is 3.97. The van der Waals surface area contributed by atoms with Crippen LogP contribution >= 0.6 is 0 Å². The summed E-state index contributed by atoms with van der Waals surface area (Å²) in [6, 6.07) is 11.7. The highest BCUT2D eigenvalue weighted by molar-refractivity contribution is 5.86. The Labute approximate surface area is 91.5 Å². The number of nitrogens with zero attached hydrogens (tertiary/aromatic N) is 3. The SMILES string of the molecule is c1ccc(Nc2nnnc3cc[nH]c23)cc1. The van der Waals surface area contributed by atoms with Crippen LogP contribution in [0, 0.1) is 0 Å². The first-order valence-corrected chi connectivity index (χ1v) is 4.92. The second-order valence-corrected chi connectivity index (χ2v) is 3.37. The first-order valence-electron chi connectivity index (χ1n) is 4.92. The molecule has 0 atom stereocenters. The topological polar surface area (TPSA) is 66.5 Å². The van der Waals surface area contributed by atoms with Gasteiger partial charge in [0.2, 0.25) is 0 Å². The van der Waals surface area contributed by atoms with E-state index in [9.17, 15) is 0 Å². The van der Waals surface area contributed by atoms with Crippen molar-refractivity contribution in [3.8, 4) is 0 Å². The van der Waals surface area contributed by atoms with Crippen molar-refractivity contribution in [1.29, 1.82) is 0 Å². The van der Waals surface area contributed by atoms with Gasteiger partial charge in [0, 0.05) is 11.9 Å². The number of anilines is 2. The number of rotatable bonds is 2. The smallest absolute Gasteiger partial charge is 0.180 e. The summed E-state index contributed by atoms with van der Waals surface area (Å²) in [6.07, 6.45) is 1.82. The molecule has 0 bridgehead atoms. The highest BCUT2D eigenvalue weighted by atomic mass is 15.3. The molecule has 5 nitrogen and oxygen atoms in total. The zero-order valence-electron chi connectivity index (χ0n) is 8.38. The second-order valence-electron chi connectivity index (χ2n) is 3.37. The predicted molar refractivity (Wildman–Crippen MR) is 61.4 cm³/mol. The van der Waals surface area contributed by atoms with Gasteiger partial charge in [0.25, 0.3) is 0 Å². The highest BCUT2D eigenvalue weighted by Gasteiger charge is 2.05. The van der Waals surface area contributed by atoms with Crippen LogP contribution in [0.2, 0.25) is 0 Å². The fourth-order valence-electron chi connectivity index (χ4n) is 1.55. The summed E-state index contributed by atoms with van der Waals surface area (Å²) in [4.78, 5) is 3.08. The van der Waals surface area contributed by atoms with Gasteiger partial charge in [-0.3, -0.25) is 0 Å². The Morgan fingerprint density at radius 1 is 1.00 bits per heavy atom. The number of hydrogen-bond donors (Lipinski definition) is 2. The van der Waals surface area contributed by atoms with Crippen LogP contribution in [0.5, 0.6) is 0 Å². The van der Waals surface area contributed by atoms with Crippen molar-refractivity contribution >= 4 is 22.5 Å². The molecule has 3 rings (SSSR count). The van der Waals surface area contributed by atoms with Crippen molar-refractivity contribution in [2.75, 3.05) is 5.32 Å². The van der Waals surface area contributed by atoms with Gasteiger partial charge in [0.05, 0.1) is 0 Å². The van der Waals surface area contributed by atoms with E-state index in [1.54, 1.807) is 0 Å². The molecule has 0 amide bonds. The van der Waals surface area contributed by atoms with Crippen molar-refractivity contribution in [2.24, 2.45) is 0 Å². The van der Waals surface area contributed by atoms with Gasteiger partial charge < -0.3 is 10.3 Å². The van der Waals surface area contributed by atoms with Gasteiger partial charge in [-0.2, -0.15) is 0 Å². The molecule has 78 valence electrons. The number of benzene rings is 1. The number of aromatic nitrogens is 4. The molecule has 0 aliphatic carbocycles. The third kappa shape index (κ3) is 1.48. The number of hydrogen-bond acceptors (Lipinski definition) is 4. The van der Waals surface area contributed by atoms with Crippen LogP contribution in [0.4, 0.5) is 11.5 Å². The first-order chi connectivity index (χ1) is 7.93. The van der Waals surface area contributed by atoms with Crippen LogP contribution < -0.4 is 5.32 Å². The molecule has 0 saturated carbocycles. The molecule has 0 aliphatic heterocycles. The van der Waals surface area contributed by atoms with E-state index in [2.05, 4.69) is 25.7 Å². The molecule has 0 spiro atoms. The minimum absolute atomic E-state index is 0.682. The largest absolute Gasteiger partial charge is 0.357 e. The lowest BCUT2D eigenvalue weighted by molar-refractivity contribution is 0.900. The van der Waals surface area contributed by atoms with Gasteiger partial charge in [-0.1, -0.05) is 18.2 Å². The van der Waals surface area contributed by atoms with Crippen LogP contribution in [0.25, 0.3) is 11.0 Å². The lowest BCUT2D eigenvalue weighted by atomic mass is 10.3. The predicted octanol–water partition coefficient (Wildman–Crippen LogP) is 2.10. The lowest BCUT2D eigenvalue weighted by Crippen LogP contribution is -1.97. The average Bonchev–Trinajstić information content (AvgIpc) is 2.80. The molecular formula is C11H9N5. The molecule has 2 heterocycles. The third-order valence-electron chi connectivity index (χ3n) is 2.30. The molecule has 1 aromatic carbocycles. The molecule has 16 heavy (non-hydrogen) atoms. The minimum atomic E-state index is 0.682. The van der Waals surface area contributed by atoms with Gasteiger partial charge >= 0.3 is 0 Å². The lowest BCUT2D eigenvalue weighted by Gasteiger charge is -2.04. The monoisotopic (exact) mass is 211 g/mol. The number of nitrogens with one attached hydrogen (secondary N) is 2. The van der Waals surface area contributed by atoms with E-state index in [4.69, 9.17) is 0 Å². The molecule has 5 heteroatoms. The molecule has 3 aromatic rings. The molecule has 0 radical (unpaired) electrons. The van der Waals surface area contributed by atoms with Gasteiger partial charge in [-0.15, -0.1) is 10.2 Å².